The van der Waals surface area contributed by atoms with E-state index in [2.05, 4.69) is 12.6 Å². The second-order valence-electron chi connectivity index (χ2n) is 6.42. The molecule has 0 spiro atoms. The van der Waals surface area contributed by atoms with E-state index in [0.29, 0.717) is 6.04 Å². The molecule has 106 valence electrons. The van der Waals surface area contributed by atoms with Crippen LogP contribution in [0.1, 0.15) is 57.4 Å². The molecule has 0 unspecified atom stereocenters. The number of nitrogens with zero attached hydrogens (tertiary/aromatic N) is 2. The van der Waals surface area contributed by atoms with Crippen LogP contribution in [-0.4, -0.2) is 14.9 Å². The lowest BCUT2D eigenvalue weighted by Gasteiger charge is -2.31. The van der Waals surface area contributed by atoms with Crippen LogP contribution in [0, 0.1) is 5.41 Å². The molecule has 2 fully saturated rings. The molecule has 0 radical (unpaired) electrons. The van der Waals surface area contributed by atoms with Crippen LogP contribution < -0.4 is 5.69 Å². The quantitative estimate of drug-likeness (QED) is 0.665. The summed E-state index contributed by atoms with van der Waals surface area (Å²) in [5.74, 6) is 0.897. The van der Waals surface area contributed by atoms with Crippen molar-refractivity contribution < 1.29 is 0 Å². The maximum Gasteiger partial charge on any atom is 0.328 e. The van der Waals surface area contributed by atoms with Gasteiger partial charge in [-0.1, -0.05) is 25.7 Å². The van der Waals surface area contributed by atoms with Crippen LogP contribution in [0.5, 0.6) is 0 Å². The summed E-state index contributed by atoms with van der Waals surface area (Å²) in [6.45, 7) is 0.856. The minimum atomic E-state index is 0.188. The van der Waals surface area contributed by atoms with Crippen LogP contribution in [0.2, 0.25) is 0 Å². The maximum absolute atomic E-state index is 12.4. The topological polar surface area (TPSA) is 26.9 Å². The second-order valence-corrected chi connectivity index (χ2v) is 6.74. The van der Waals surface area contributed by atoms with Crippen molar-refractivity contribution in [1.82, 2.24) is 9.13 Å². The van der Waals surface area contributed by atoms with Gasteiger partial charge in [0, 0.05) is 25.0 Å². The fourth-order valence-corrected chi connectivity index (χ4v) is 3.80. The first-order valence-electron chi connectivity index (χ1n) is 7.62. The van der Waals surface area contributed by atoms with Crippen LogP contribution in [0.3, 0.4) is 0 Å². The summed E-state index contributed by atoms with van der Waals surface area (Å²) >= 11 is 4.60. The summed E-state index contributed by atoms with van der Waals surface area (Å²) in [5.41, 5.74) is 0.423. The first-order valence-corrected chi connectivity index (χ1v) is 8.25. The normalized spacial score (nSPS) is 23.2. The van der Waals surface area contributed by atoms with Crippen LogP contribution in [-0.2, 0) is 6.54 Å². The lowest BCUT2D eigenvalue weighted by Crippen LogP contribution is -2.34. The van der Waals surface area contributed by atoms with E-state index >= 15 is 0 Å². The number of thiol groups is 1. The predicted molar refractivity (Wildman–Crippen MR) is 81.0 cm³/mol. The van der Waals surface area contributed by atoms with Crippen molar-refractivity contribution in [2.45, 2.75) is 64.0 Å². The highest BCUT2D eigenvalue weighted by molar-refractivity contribution is 7.80. The Morgan fingerprint density at radius 1 is 1.16 bits per heavy atom. The van der Waals surface area contributed by atoms with Crippen LogP contribution in [0.15, 0.2) is 17.2 Å². The molecule has 19 heavy (non-hydrogen) atoms. The molecule has 3 rings (SSSR count). The van der Waals surface area contributed by atoms with Crippen molar-refractivity contribution in [3.05, 3.63) is 22.9 Å². The van der Waals surface area contributed by atoms with E-state index in [1.54, 1.807) is 0 Å². The minimum absolute atomic E-state index is 0.188. The third kappa shape index (κ3) is 2.78. The Labute approximate surface area is 120 Å². The van der Waals surface area contributed by atoms with Gasteiger partial charge >= 0.3 is 5.69 Å². The Kier molecular flexibility index (Phi) is 3.79. The third-order valence-corrected chi connectivity index (χ3v) is 5.49. The molecule has 2 aliphatic rings. The monoisotopic (exact) mass is 280 g/mol. The molecule has 0 saturated heterocycles. The highest BCUT2D eigenvalue weighted by Gasteiger charge is 2.32. The van der Waals surface area contributed by atoms with Gasteiger partial charge in [0.2, 0.25) is 0 Å². The molecule has 2 saturated carbocycles. The molecule has 3 nitrogen and oxygen atoms in total. The van der Waals surface area contributed by atoms with Gasteiger partial charge in [-0.2, -0.15) is 12.6 Å². The zero-order valence-corrected chi connectivity index (χ0v) is 12.4. The lowest BCUT2D eigenvalue weighted by molar-refractivity contribution is 0.237. The van der Waals surface area contributed by atoms with Crippen molar-refractivity contribution in [3.63, 3.8) is 0 Å². The molecule has 0 aromatic carbocycles. The summed E-state index contributed by atoms with van der Waals surface area (Å²) in [5, 5.41) is 0. The van der Waals surface area contributed by atoms with Crippen molar-refractivity contribution in [3.8, 4) is 0 Å². The van der Waals surface area contributed by atoms with Crippen LogP contribution >= 0.6 is 12.6 Å². The highest BCUT2D eigenvalue weighted by Crippen LogP contribution is 2.38. The molecule has 0 bridgehead atoms. The Morgan fingerprint density at radius 3 is 2.42 bits per heavy atom. The zero-order chi connectivity index (χ0) is 13.3. The van der Waals surface area contributed by atoms with E-state index in [1.165, 1.54) is 51.4 Å². The summed E-state index contributed by atoms with van der Waals surface area (Å²) in [4.78, 5) is 12.4. The van der Waals surface area contributed by atoms with E-state index in [0.717, 1.165) is 12.3 Å². The molecule has 0 N–H and O–H groups in total. The first kappa shape index (κ1) is 13.3. The summed E-state index contributed by atoms with van der Waals surface area (Å²) in [7, 11) is 0. The fourth-order valence-electron chi connectivity index (χ4n) is 3.39. The zero-order valence-electron chi connectivity index (χ0n) is 11.6. The Morgan fingerprint density at radius 2 is 1.84 bits per heavy atom. The molecular formula is C15H24N2OS. The number of hydrogen-bond donors (Lipinski definition) is 1. The number of rotatable bonds is 4. The third-order valence-electron chi connectivity index (χ3n) is 4.82. The van der Waals surface area contributed by atoms with Crippen molar-refractivity contribution in [2.75, 3.05) is 5.75 Å². The second kappa shape index (κ2) is 5.39. The molecule has 1 aromatic rings. The van der Waals surface area contributed by atoms with Gasteiger partial charge in [0.15, 0.2) is 0 Å². The van der Waals surface area contributed by atoms with E-state index < -0.39 is 0 Å². The van der Waals surface area contributed by atoms with Gasteiger partial charge in [0.05, 0.1) is 0 Å². The molecule has 0 aliphatic heterocycles. The predicted octanol–water partition coefficient (Wildman–Crippen LogP) is 3.26. The van der Waals surface area contributed by atoms with E-state index in [-0.39, 0.29) is 11.1 Å². The molecule has 0 amide bonds. The summed E-state index contributed by atoms with van der Waals surface area (Å²) in [6, 6.07) is 0.481. The standard InChI is InChI=1S/C15H24N2OS/c18-14-16(9-10-17(14)13-5-6-13)11-15(12-19)7-3-1-2-4-8-15/h9-10,13,19H,1-8,11-12H2. The first-order chi connectivity index (χ1) is 9.24. The van der Waals surface area contributed by atoms with E-state index in [9.17, 15) is 4.79 Å². The van der Waals surface area contributed by atoms with Gasteiger partial charge in [-0.15, -0.1) is 0 Å². The fraction of sp³-hybridized carbons (Fsp3) is 0.800. The smallest absolute Gasteiger partial charge is 0.299 e. The van der Waals surface area contributed by atoms with Crippen LogP contribution in [0.25, 0.3) is 0 Å². The SMILES string of the molecule is O=c1n(CC2(CS)CCCCCC2)ccn1C1CC1. The average Bonchev–Trinajstić information content (AvgIpc) is 3.21. The van der Waals surface area contributed by atoms with Crippen molar-refractivity contribution in [2.24, 2.45) is 5.41 Å². The Bertz CT molecular complexity index is 479. The van der Waals surface area contributed by atoms with Gasteiger partial charge in [-0.05, 0) is 36.9 Å². The molecule has 0 atom stereocenters. The minimum Gasteiger partial charge on any atom is -0.299 e. The van der Waals surface area contributed by atoms with Gasteiger partial charge in [-0.3, -0.25) is 9.13 Å². The van der Waals surface area contributed by atoms with Gasteiger partial charge < -0.3 is 0 Å². The average molecular weight is 280 g/mol. The number of hydrogen-bond acceptors (Lipinski definition) is 2. The lowest BCUT2D eigenvalue weighted by atomic mass is 9.82. The summed E-state index contributed by atoms with van der Waals surface area (Å²) in [6.07, 6.45) is 14.0. The molecule has 1 heterocycles. The number of imidazole rings is 1. The van der Waals surface area contributed by atoms with Gasteiger partial charge in [0.1, 0.15) is 0 Å². The van der Waals surface area contributed by atoms with Crippen molar-refractivity contribution in [1.29, 1.82) is 0 Å². The largest absolute Gasteiger partial charge is 0.328 e. The Balaban J connectivity index is 1.79. The molecule has 4 heteroatoms. The summed E-state index contributed by atoms with van der Waals surface area (Å²) < 4.78 is 3.85. The van der Waals surface area contributed by atoms with Crippen molar-refractivity contribution >= 4 is 12.6 Å². The number of aromatic nitrogens is 2. The van der Waals surface area contributed by atoms with Crippen LogP contribution in [0.4, 0.5) is 0 Å². The van der Waals surface area contributed by atoms with E-state index in [1.807, 2.05) is 21.5 Å². The highest BCUT2D eigenvalue weighted by atomic mass is 32.1. The maximum atomic E-state index is 12.4. The molecule has 2 aliphatic carbocycles. The van der Waals surface area contributed by atoms with E-state index in [4.69, 9.17) is 0 Å². The Hall–Kier alpha value is -0.640. The van der Waals surface area contributed by atoms with Gasteiger partial charge in [-0.25, -0.2) is 4.79 Å². The van der Waals surface area contributed by atoms with Gasteiger partial charge in [0.25, 0.3) is 0 Å². The molecule has 1 aromatic heterocycles. The molecular weight excluding hydrogens is 256 g/mol.